The number of halogens is 1. The summed E-state index contributed by atoms with van der Waals surface area (Å²) in [4.78, 5) is 0. The van der Waals surface area contributed by atoms with Gasteiger partial charge in [-0.2, -0.15) is 0 Å². The fourth-order valence-corrected chi connectivity index (χ4v) is 2.26. The lowest BCUT2D eigenvalue weighted by Crippen LogP contribution is -2.42. The van der Waals surface area contributed by atoms with Gasteiger partial charge >= 0.3 is 0 Å². The molecule has 1 unspecified atom stereocenters. The topological polar surface area (TPSA) is 38.0 Å². The van der Waals surface area contributed by atoms with Crippen LogP contribution in [0.15, 0.2) is 24.3 Å². The molecule has 1 atom stereocenters. The molecule has 0 saturated carbocycles. The third-order valence-electron chi connectivity index (χ3n) is 3.30. The SMILES string of the molecule is CCCCCCC(C)(CN)Nc1cccc(Cl)c1. The van der Waals surface area contributed by atoms with Gasteiger partial charge in [-0.05, 0) is 31.5 Å². The van der Waals surface area contributed by atoms with Crippen molar-refractivity contribution in [2.24, 2.45) is 5.73 Å². The highest BCUT2D eigenvalue weighted by Crippen LogP contribution is 2.23. The summed E-state index contributed by atoms with van der Waals surface area (Å²) in [7, 11) is 0. The minimum Gasteiger partial charge on any atom is -0.379 e. The molecular formula is C15H25ClN2. The highest BCUT2D eigenvalue weighted by molar-refractivity contribution is 6.30. The molecule has 0 fully saturated rings. The van der Waals surface area contributed by atoms with E-state index in [1.807, 2.05) is 24.3 Å². The van der Waals surface area contributed by atoms with Crippen LogP contribution in [-0.2, 0) is 0 Å². The van der Waals surface area contributed by atoms with E-state index in [0.29, 0.717) is 6.54 Å². The van der Waals surface area contributed by atoms with E-state index < -0.39 is 0 Å². The molecule has 0 aromatic heterocycles. The van der Waals surface area contributed by atoms with Crippen molar-refractivity contribution in [3.05, 3.63) is 29.3 Å². The largest absolute Gasteiger partial charge is 0.379 e. The Morgan fingerprint density at radius 1 is 1.28 bits per heavy atom. The lowest BCUT2D eigenvalue weighted by atomic mass is 9.93. The van der Waals surface area contributed by atoms with E-state index in [1.165, 1.54) is 25.7 Å². The van der Waals surface area contributed by atoms with Gasteiger partial charge in [0, 0.05) is 22.8 Å². The third kappa shape index (κ3) is 5.28. The number of unbranched alkanes of at least 4 members (excludes halogenated alkanes) is 3. The Bertz CT molecular complexity index is 354. The van der Waals surface area contributed by atoms with Gasteiger partial charge in [0.2, 0.25) is 0 Å². The van der Waals surface area contributed by atoms with Crippen LogP contribution in [0.2, 0.25) is 5.02 Å². The zero-order chi connectivity index (χ0) is 13.4. The summed E-state index contributed by atoms with van der Waals surface area (Å²) in [6, 6.07) is 7.82. The number of rotatable bonds is 8. The molecule has 1 aromatic carbocycles. The maximum atomic E-state index is 5.99. The molecule has 1 aromatic rings. The average Bonchev–Trinajstić information content (AvgIpc) is 2.35. The Balaban J connectivity index is 2.53. The van der Waals surface area contributed by atoms with Crippen LogP contribution in [0.3, 0.4) is 0 Å². The van der Waals surface area contributed by atoms with Crippen LogP contribution < -0.4 is 11.1 Å². The third-order valence-corrected chi connectivity index (χ3v) is 3.54. The number of anilines is 1. The second kappa shape index (κ2) is 7.65. The van der Waals surface area contributed by atoms with Gasteiger partial charge in [-0.3, -0.25) is 0 Å². The van der Waals surface area contributed by atoms with Gasteiger partial charge < -0.3 is 11.1 Å². The first kappa shape index (κ1) is 15.3. The summed E-state index contributed by atoms with van der Waals surface area (Å²) in [6.45, 7) is 5.04. The molecule has 2 nitrogen and oxygen atoms in total. The van der Waals surface area contributed by atoms with E-state index >= 15 is 0 Å². The molecule has 0 spiro atoms. The van der Waals surface area contributed by atoms with Crippen molar-refractivity contribution in [3.63, 3.8) is 0 Å². The Labute approximate surface area is 116 Å². The summed E-state index contributed by atoms with van der Waals surface area (Å²) in [5.41, 5.74) is 6.92. The molecule has 0 saturated heterocycles. The van der Waals surface area contributed by atoms with Crippen molar-refractivity contribution in [1.29, 1.82) is 0 Å². The predicted molar refractivity (Wildman–Crippen MR) is 81.3 cm³/mol. The van der Waals surface area contributed by atoms with Crippen molar-refractivity contribution in [2.75, 3.05) is 11.9 Å². The van der Waals surface area contributed by atoms with Crippen molar-refractivity contribution < 1.29 is 0 Å². The quantitative estimate of drug-likeness (QED) is 0.684. The van der Waals surface area contributed by atoms with Gasteiger partial charge in [0.1, 0.15) is 0 Å². The molecule has 0 aliphatic rings. The molecule has 0 aliphatic heterocycles. The van der Waals surface area contributed by atoms with Crippen LogP contribution in [0, 0.1) is 0 Å². The van der Waals surface area contributed by atoms with Crippen LogP contribution in [0.4, 0.5) is 5.69 Å². The van der Waals surface area contributed by atoms with Gasteiger partial charge in [-0.1, -0.05) is 50.3 Å². The van der Waals surface area contributed by atoms with Crippen molar-refractivity contribution in [1.82, 2.24) is 0 Å². The smallest absolute Gasteiger partial charge is 0.0467 e. The standard InChI is InChI=1S/C15H25ClN2/c1-3-4-5-6-10-15(2,12-17)18-14-9-7-8-13(16)11-14/h7-9,11,18H,3-6,10,12,17H2,1-2H3. The Hall–Kier alpha value is -0.730. The molecule has 18 heavy (non-hydrogen) atoms. The minimum absolute atomic E-state index is 0.0432. The van der Waals surface area contributed by atoms with Crippen molar-refractivity contribution in [3.8, 4) is 0 Å². The van der Waals surface area contributed by atoms with Crippen LogP contribution in [0.5, 0.6) is 0 Å². The Morgan fingerprint density at radius 2 is 2.06 bits per heavy atom. The molecule has 0 heterocycles. The number of hydrogen-bond donors (Lipinski definition) is 2. The fraction of sp³-hybridized carbons (Fsp3) is 0.600. The summed E-state index contributed by atoms with van der Waals surface area (Å²) >= 11 is 5.99. The number of hydrogen-bond acceptors (Lipinski definition) is 2. The molecule has 3 N–H and O–H groups in total. The summed E-state index contributed by atoms with van der Waals surface area (Å²) in [6.07, 6.45) is 6.16. The number of benzene rings is 1. The first-order chi connectivity index (χ1) is 8.59. The normalized spacial score (nSPS) is 14.2. The second-order valence-electron chi connectivity index (χ2n) is 5.21. The minimum atomic E-state index is -0.0432. The van der Waals surface area contributed by atoms with Gasteiger partial charge in [0.05, 0.1) is 0 Å². The Morgan fingerprint density at radius 3 is 2.67 bits per heavy atom. The first-order valence-electron chi connectivity index (χ1n) is 6.83. The number of nitrogens with two attached hydrogens (primary N) is 1. The maximum Gasteiger partial charge on any atom is 0.0467 e. The summed E-state index contributed by atoms with van der Waals surface area (Å²) < 4.78 is 0. The molecule has 1 rings (SSSR count). The fourth-order valence-electron chi connectivity index (χ4n) is 2.07. The van der Waals surface area contributed by atoms with E-state index in [-0.39, 0.29) is 5.54 Å². The van der Waals surface area contributed by atoms with E-state index in [2.05, 4.69) is 19.2 Å². The van der Waals surface area contributed by atoms with E-state index in [9.17, 15) is 0 Å². The van der Waals surface area contributed by atoms with E-state index in [4.69, 9.17) is 17.3 Å². The predicted octanol–water partition coefficient (Wildman–Crippen LogP) is 4.44. The second-order valence-corrected chi connectivity index (χ2v) is 5.65. The summed E-state index contributed by atoms with van der Waals surface area (Å²) in [5, 5.41) is 4.27. The monoisotopic (exact) mass is 268 g/mol. The van der Waals surface area contributed by atoms with E-state index in [0.717, 1.165) is 17.1 Å². The van der Waals surface area contributed by atoms with Crippen molar-refractivity contribution >= 4 is 17.3 Å². The van der Waals surface area contributed by atoms with Gasteiger partial charge in [0.15, 0.2) is 0 Å². The number of nitrogens with one attached hydrogen (secondary N) is 1. The molecule has 0 amide bonds. The van der Waals surface area contributed by atoms with Crippen LogP contribution >= 0.6 is 11.6 Å². The lowest BCUT2D eigenvalue weighted by Gasteiger charge is -2.31. The van der Waals surface area contributed by atoms with Crippen LogP contribution in [0.1, 0.15) is 46.0 Å². The maximum absolute atomic E-state index is 5.99. The highest BCUT2D eigenvalue weighted by Gasteiger charge is 2.21. The van der Waals surface area contributed by atoms with Crippen LogP contribution in [-0.4, -0.2) is 12.1 Å². The molecule has 0 aliphatic carbocycles. The zero-order valence-corrected chi connectivity index (χ0v) is 12.3. The van der Waals surface area contributed by atoms with Crippen LogP contribution in [0.25, 0.3) is 0 Å². The zero-order valence-electron chi connectivity index (χ0n) is 11.5. The summed E-state index contributed by atoms with van der Waals surface area (Å²) in [5.74, 6) is 0. The van der Waals surface area contributed by atoms with Crippen molar-refractivity contribution in [2.45, 2.75) is 51.5 Å². The molecule has 3 heteroatoms. The Kier molecular flexibility index (Phi) is 6.51. The lowest BCUT2D eigenvalue weighted by molar-refractivity contribution is 0.451. The molecule has 102 valence electrons. The molecule has 0 bridgehead atoms. The van der Waals surface area contributed by atoms with Gasteiger partial charge in [0.25, 0.3) is 0 Å². The highest BCUT2D eigenvalue weighted by atomic mass is 35.5. The average molecular weight is 269 g/mol. The van der Waals surface area contributed by atoms with Gasteiger partial charge in [-0.15, -0.1) is 0 Å². The first-order valence-corrected chi connectivity index (χ1v) is 7.21. The molecule has 0 radical (unpaired) electrons. The molecular weight excluding hydrogens is 244 g/mol. The van der Waals surface area contributed by atoms with Gasteiger partial charge in [-0.25, -0.2) is 0 Å². The van der Waals surface area contributed by atoms with E-state index in [1.54, 1.807) is 0 Å².